The topological polar surface area (TPSA) is 56.2 Å². The molecule has 0 radical (unpaired) electrons. The normalized spacial score (nSPS) is 13.5. The van der Waals surface area contributed by atoms with Crippen LogP contribution in [0.2, 0.25) is 0 Å². The summed E-state index contributed by atoms with van der Waals surface area (Å²) in [5, 5.41) is 3.01. The van der Waals surface area contributed by atoms with E-state index in [1.165, 1.54) is 0 Å². The fourth-order valence-corrected chi connectivity index (χ4v) is 3.22. The number of benzene rings is 2. The number of nitrogens with zero attached hydrogens (tertiary/aromatic N) is 2. The maximum atomic E-state index is 12.8. The molecule has 28 heavy (non-hydrogen) atoms. The Morgan fingerprint density at radius 2 is 2.04 bits per heavy atom. The van der Waals surface area contributed by atoms with Crippen molar-refractivity contribution in [1.82, 2.24) is 9.55 Å². The standard InChI is InChI=1S/C23H25N3O2/c1-16(2)22-24-12-13-26(22)15-17-6-5-7-18(14-17)25-23(27)20-8-3-4-9-21(20)28-19-10-11-19/h3-9,12-14,16,19H,10-11,15H2,1-2H3,(H,25,27). The number of para-hydroxylation sites is 1. The van der Waals surface area contributed by atoms with Gasteiger partial charge >= 0.3 is 0 Å². The van der Waals surface area contributed by atoms with Gasteiger partial charge in [-0.15, -0.1) is 0 Å². The van der Waals surface area contributed by atoms with E-state index >= 15 is 0 Å². The van der Waals surface area contributed by atoms with E-state index in [0.29, 0.717) is 17.2 Å². The van der Waals surface area contributed by atoms with Crippen molar-refractivity contribution in [2.75, 3.05) is 5.32 Å². The predicted octanol–water partition coefficient (Wildman–Crippen LogP) is 4.85. The van der Waals surface area contributed by atoms with Crippen LogP contribution < -0.4 is 10.1 Å². The van der Waals surface area contributed by atoms with Gasteiger partial charge in [-0.05, 0) is 42.7 Å². The Kier molecular flexibility index (Phi) is 5.15. The molecule has 1 fully saturated rings. The molecule has 0 spiro atoms. The number of hydrogen-bond acceptors (Lipinski definition) is 3. The van der Waals surface area contributed by atoms with Gasteiger partial charge in [0.1, 0.15) is 11.6 Å². The third-order valence-electron chi connectivity index (χ3n) is 4.75. The maximum Gasteiger partial charge on any atom is 0.259 e. The van der Waals surface area contributed by atoms with E-state index in [4.69, 9.17) is 4.74 Å². The lowest BCUT2D eigenvalue weighted by Crippen LogP contribution is -2.14. The Morgan fingerprint density at radius 1 is 1.21 bits per heavy atom. The van der Waals surface area contributed by atoms with E-state index in [1.807, 2.05) is 48.8 Å². The highest BCUT2D eigenvalue weighted by Crippen LogP contribution is 2.29. The Labute approximate surface area is 165 Å². The average molecular weight is 375 g/mol. The van der Waals surface area contributed by atoms with Crippen molar-refractivity contribution in [2.24, 2.45) is 0 Å². The molecule has 5 heteroatoms. The fourth-order valence-electron chi connectivity index (χ4n) is 3.22. The lowest BCUT2D eigenvalue weighted by atomic mass is 10.1. The highest BCUT2D eigenvalue weighted by molar-refractivity contribution is 6.06. The predicted molar refractivity (Wildman–Crippen MR) is 110 cm³/mol. The number of ether oxygens (including phenoxy) is 1. The van der Waals surface area contributed by atoms with E-state index in [-0.39, 0.29) is 12.0 Å². The van der Waals surface area contributed by atoms with E-state index in [1.54, 1.807) is 6.07 Å². The first-order chi connectivity index (χ1) is 13.6. The third kappa shape index (κ3) is 4.25. The first-order valence-electron chi connectivity index (χ1n) is 9.77. The molecule has 1 aliphatic carbocycles. The second-order valence-corrected chi connectivity index (χ2v) is 7.54. The van der Waals surface area contributed by atoms with Crippen LogP contribution in [0, 0.1) is 0 Å². The molecule has 3 aromatic rings. The van der Waals surface area contributed by atoms with E-state index < -0.39 is 0 Å². The van der Waals surface area contributed by atoms with Crippen molar-refractivity contribution < 1.29 is 9.53 Å². The summed E-state index contributed by atoms with van der Waals surface area (Å²) in [5.74, 6) is 1.92. The molecule has 0 unspecified atom stereocenters. The second-order valence-electron chi connectivity index (χ2n) is 7.54. The number of imidazole rings is 1. The van der Waals surface area contributed by atoms with Gasteiger partial charge in [0.2, 0.25) is 0 Å². The summed E-state index contributed by atoms with van der Waals surface area (Å²) in [6.07, 6.45) is 6.20. The van der Waals surface area contributed by atoms with Crippen LogP contribution in [-0.4, -0.2) is 21.6 Å². The van der Waals surface area contributed by atoms with E-state index in [2.05, 4.69) is 34.8 Å². The Balaban J connectivity index is 1.49. The first kappa shape index (κ1) is 18.3. The zero-order chi connectivity index (χ0) is 19.5. The second kappa shape index (κ2) is 7.89. The molecule has 1 heterocycles. The van der Waals surface area contributed by atoms with Crippen LogP contribution in [0.1, 0.15) is 54.4 Å². The Morgan fingerprint density at radius 3 is 2.82 bits per heavy atom. The van der Waals surface area contributed by atoms with Crippen molar-refractivity contribution in [1.29, 1.82) is 0 Å². The van der Waals surface area contributed by atoms with Crippen LogP contribution in [0.5, 0.6) is 5.75 Å². The molecule has 4 rings (SSSR count). The summed E-state index contributed by atoms with van der Waals surface area (Å²) in [6.45, 7) is 4.99. The number of carbonyl (C=O) groups excluding carboxylic acids is 1. The molecule has 0 atom stereocenters. The van der Waals surface area contributed by atoms with Gasteiger partial charge in [0, 0.05) is 30.5 Å². The van der Waals surface area contributed by atoms with Crippen LogP contribution in [0.25, 0.3) is 0 Å². The van der Waals surface area contributed by atoms with Crippen molar-refractivity contribution in [2.45, 2.75) is 45.3 Å². The van der Waals surface area contributed by atoms with Crippen molar-refractivity contribution >= 4 is 11.6 Å². The number of nitrogens with one attached hydrogen (secondary N) is 1. The van der Waals surface area contributed by atoms with Gasteiger partial charge < -0.3 is 14.6 Å². The highest BCUT2D eigenvalue weighted by Gasteiger charge is 2.25. The number of rotatable bonds is 7. The van der Waals surface area contributed by atoms with E-state index in [0.717, 1.165) is 36.5 Å². The lowest BCUT2D eigenvalue weighted by Gasteiger charge is -2.13. The van der Waals surface area contributed by atoms with Gasteiger partial charge in [-0.2, -0.15) is 0 Å². The molecule has 1 aromatic heterocycles. The molecule has 1 aliphatic rings. The molecule has 1 saturated carbocycles. The molecule has 0 aliphatic heterocycles. The van der Waals surface area contributed by atoms with Crippen molar-refractivity contribution in [3.63, 3.8) is 0 Å². The number of hydrogen-bond donors (Lipinski definition) is 1. The summed E-state index contributed by atoms with van der Waals surface area (Å²) < 4.78 is 8.02. The van der Waals surface area contributed by atoms with Gasteiger partial charge in [-0.25, -0.2) is 4.98 Å². The van der Waals surface area contributed by atoms with Crippen molar-refractivity contribution in [3.8, 4) is 5.75 Å². The van der Waals surface area contributed by atoms with E-state index in [9.17, 15) is 4.79 Å². The number of anilines is 1. The van der Waals surface area contributed by atoms with Crippen LogP contribution in [0.4, 0.5) is 5.69 Å². The number of aromatic nitrogens is 2. The fraction of sp³-hybridized carbons (Fsp3) is 0.304. The molecule has 1 N–H and O–H groups in total. The summed E-state index contributed by atoms with van der Waals surface area (Å²) in [4.78, 5) is 17.2. The molecular weight excluding hydrogens is 350 g/mol. The molecule has 1 amide bonds. The monoisotopic (exact) mass is 375 g/mol. The molecule has 0 saturated heterocycles. The maximum absolute atomic E-state index is 12.8. The quantitative estimate of drug-likeness (QED) is 0.642. The minimum atomic E-state index is -0.154. The Hall–Kier alpha value is -3.08. The SMILES string of the molecule is CC(C)c1nccn1Cc1cccc(NC(=O)c2ccccc2OC2CC2)c1. The summed E-state index contributed by atoms with van der Waals surface area (Å²) >= 11 is 0. The minimum Gasteiger partial charge on any atom is -0.490 e. The average Bonchev–Trinajstić information content (AvgIpc) is 3.37. The summed E-state index contributed by atoms with van der Waals surface area (Å²) in [6, 6.07) is 15.3. The summed E-state index contributed by atoms with van der Waals surface area (Å²) in [7, 11) is 0. The Bertz CT molecular complexity index is 973. The third-order valence-corrected chi connectivity index (χ3v) is 4.75. The molecule has 0 bridgehead atoms. The molecule has 2 aromatic carbocycles. The highest BCUT2D eigenvalue weighted by atomic mass is 16.5. The molecule has 144 valence electrons. The lowest BCUT2D eigenvalue weighted by molar-refractivity contribution is 0.102. The number of carbonyl (C=O) groups is 1. The zero-order valence-electron chi connectivity index (χ0n) is 16.3. The molecular formula is C23H25N3O2. The number of amides is 1. The van der Waals surface area contributed by atoms with Gasteiger partial charge in [0.05, 0.1) is 11.7 Å². The van der Waals surface area contributed by atoms with Crippen LogP contribution in [0.3, 0.4) is 0 Å². The zero-order valence-corrected chi connectivity index (χ0v) is 16.3. The van der Waals surface area contributed by atoms with Crippen LogP contribution >= 0.6 is 0 Å². The van der Waals surface area contributed by atoms with Crippen molar-refractivity contribution in [3.05, 3.63) is 77.9 Å². The van der Waals surface area contributed by atoms with Gasteiger partial charge in [-0.1, -0.05) is 38.1 Å². The van der Waals surface area contributed by atoms with Gasteiger partial charge in [0.15, 0.2) is 0 Å². The summed E-state index contributed by atoms with van der Waals surface area (Å²) in [5.41, 5.74) is 2.45. The van der Waals surface area contributed by atoms with Crippen LogP contribution in [-0.2, 0) is 6.54 Å². The smallest absolute Gasteiger partial charge is 0.259 e. The van der Waals surface area contributed by atoms with Crippen LogP contribution in [0.15, 0.2) is 60.9 Å². The molecule has 5 nitrogen and oxygen atoms in total. The minimum absolute atomic E-state index is 0.154. The van der Waals surface area contributed by atoms with Gasteiger partial charge in [0.25, 0.3) is 5.91 Å². The largest absolute Gasteiger partial charge is 0.490 e. The first-order valence-corrected chi connectivity index (χ1v) is 9.77. The van der Waals surface area contributed by atoms with Gasteiger partial charge in [-0.3, -0.25) is 4.79 Å².